The Balaban J connectivity index is 2.70. The first-order valence-corrected chi connectivity index (χ1v) is 8.76. The van der Waals surface area contributed by atoms with Crippen molar-refractivity contribution in [3.05, 3.63) is 30.3 Å². The van der Waals surface area contributed by atoms with Crippen molar-refractivity contribution in [1.82, 2.24) is 4.98 Å². The molecule has 0 aliphatic heterocycles. The van der Waals surface area contributed by atoms with Crippen LogP contribution in [0.4, 0.5) is 5.69 Å². The number of para-hydroxylation sites is 1. The van der Waals surface area contributed by atoms with E-state index in [0.717, 1.165) is 0 Å². The van der Waals surface area contributed by atoms with Crippen molar-refractivity contribution in [3.8, 4) is 0 Å². The van der Waals surface area contributed by atoms with Gasteiger partial charge in [0.25, 0.3) is 20.2 Å². The average molecular weight is 342 g/mol. The van der Waals surface area contributed by atoms with Crippen LogP contribution in [0.15, 0.2) is 40.1 Å². The van der Waals surface area contributed by atoms with E-state index in [1.165, 1.54) is 6.07 Å². The lowest BCUT2D eigenvalue weighted by atomic mass is 10.1. The zero-order valence-corrected chi connectivity index (χ0v) is 12.4. The molecule has 0 aliphatic carbocycles. The van der Waals surface area contributed by atoms with Gasteiger partial charge in [-0.25, -0.2) is 0 Å². The molecule has 0 fully saturated rings. The maximum absolute atomic E-state index is 11.6. The van der Waals surface area contributed by atoms with Gasteiger partial charge < -0.3 is 10.7 Å². The molecule has 5 N–H and O–H groups in total. The summed E-state index contributed by atoms with van der Waals surface area (Å²) in [5.41, 5.74) is 5.49. The van der Waals surface area contributed by atoms with Crippen molar-refractivity contribution in [1.29, 1.82) is 0 Å². The van der Waals surface area contributed by atoms with Crippen LogP contribution in [0.3, 0.4) is 0 Å². The van der Waals surface area contributed by atoms with Gasteiger partial charge in [0, 0.05) is 16.3 Å². The molecule has 0 bridgehead atoms. The summed E-state index contributed by atoms with van der Waals surface area (Å²) in [6.45, 7) is 0. The Bertz CT molecular complexity index is 1130. The van der Waals surface area contributed by atoms with Crippen LogP contribution < -0.4 is 5.73 Å². The zero-order valence-electron chi connectivity index (χ0n) is 10.8. The van der Waals surface area contributed by atoms with Crippen molar-refractivity contribution < 1.29 is 25.9 Å². The highest BCUT2D eigenvalue weighted by Crippen LogP contribution is 2.37. The molecule has 8 nitrogen and oxygen atoms in total. The van der Waals surface area contributed by atoms with Crippen LogP contribution >= 0.6 is 0 Å². The van der Waals surface area contributed by atoms with Gasteiger partial charge in [-0.05, 0) is 12.1 Å². The second kappa shape index (κ2) is 4.43. The number of aromatic nitrogens is 1. The van der Waals surface area contributed by atoms with E-state index >= 15 is 0 Å². The Kier molecular flexibility index (Phi) is 2.98. The molecule has 2 aromatic carbocycles. The van der Waals surface area contributed by atoms with Crippen molar-refractivity contribution in [2.75, 3.05) is 5.73 Å². The largest absolute Gasteiger partial charge is 0.398 e. The monoisotopic (exact) mass is 342 g/mol. The fourth-order valence-corrected chi connectivity index (χ4v) is 4.57. The Hall–Kier alpha value is -2.14. The minimum atomic E-state index is -4.96. The average Bonchev–Trinajstić information content (AvgIpc) is 2.73. The second-order valence-corrected chi connectivity index (χ2v) is 7.38. The number of nitrogens with one attached hydrogen (secondary N) is 1. The molecule has 0 radical (unpaired) electrons. The molecule has 0 unspecified atom stereocenters. The van der Waals surface area contributed by atoms with Crippen LogP contribution in [0.1, 0.15) is 0 Å². The topological polar surface area (TPSA) is 151 Å². The minimum absolute atomic E-state index is 0.148. The molecule has 3 aromatic rings. The smallest absolute Gasteiger partial charge is 0.298 e. The Morgan fingerprint density at radius 1 is 0.909 bits per heavy atom. The molecule has 0 saturated heterocycles. The normalized spacial score (nSPS) is 13.0. The predicted octanol–water partition coefficient (Wildman–Crippen LogP) is 1.40. The SMILES string of the molecule is Nc1cc2c([nH]c3ccccc32)c(S(=O)(=O)O)c1S(=O)(=O)O. The summed E-state index contributed by atoms with van der Waals surface area (Å²) in [5, 5.41) is 0.907. The van der Waals surface area contributed by atoms with Gasteiger partial charge in [0.2, 0.25) is 0 Å². The molecular weight excluding hydrogens is 332 g/mol. The first-order valence-electron chi connectivity index (χ1n) is 5.88. The van der Waals surface area contributed by atoms with Gasteiger partial charge in [0.15, 0.2) is 0 Å². The molecule has 0 spiro atoms. The van der Waals surface area contributed by atoms with E-state index in [9.17, 15) is 25.9 Å². The Labute approximate surface area is 125 Å². The summed E-state index contributed by atoms with van der Waals surface area (Å²) >= 11 is 0. The maximum atomic E-state index is 11.6. The number of H-pyrrole nitrogens is 1. The molecule has 0 amide bonds. The third-order valence-electron chi connectivity index (χ3n) is 3.26. The Morgan fingerprint density at radius 3 is 2.09 bits per heavy atom. The lowest BCUT2D eigenvalue weighted by Crippen LogP contribution is -2.12. The first-order chi connectivity index (χ1) is 10.1. The van der Waals surface area contributed by atoms with Crippen molar-refractivity contribution in [3.63, 3.8) is 0 Å². The van der Waals surface area contributed by atoms with Crippen LogP contribution in [-0.4, -0.2) is 30.9 Å². The number of hydrogen-bond acceptors (Lipinski definition) is 5. The number of hydrogen-bond donors (Lipinski definition) is 4. The van der Waals surface area contributed by atoms with E-state index in [1.54, 1.807) is 24.3 Å². The van der Waals surface area contributed by atoms with Gasteiger partial charge in [-0.3, -0.25) is 9.11 Å². The van der Waals surface area contributed by atoms with Crippen LogP contribution in [0, 0.1) is 0 Å². The highest BCUT2D eigenvalue weighted by molar-refractivity contribution is 7.89. The van der Waals surface area contributed by atoms with Gasteiger partial charge in [-0.1, -0.05) is 18.2 Å². The summed E-state index contributed by atoms with van der Waals surface area (Å²) in [5.74, 6) is 0. The molecule has 22 heavy (non-hydrogen) atoms. The van der Waals surface area contributed by atoms with Crippen molar-refractivity contribution >= 4 is 47.7 Å². The van der Waals surface area contributed by atoms with E-state index in [-0.39, 0.29) is 5.52 Å². The third-order valence-corrected chi connectivity index (χ3v) is 5.27. The van der Waals surface area contributed by atoms with Gasteiger partial charge in [0.1, 0.15) is 9.79 Å². The van der Waals surface area contributed by atoms with Crippen LogP contribution in [0.2, 0.25) is 0 Å². The second-order valence-electron chi connectivity index (χ2n) is 4.67. The van der Waals surface area contributed by atoms with Crippen LogP contribution in [0.25, 0.3) is 21.8 Å². The van der Waals surface area contributed by atoms with Crippen LogP contribution in [-0.2, 0) is 20.2 Å². The number of fused-ring (bicyclic) bond motifs is 3. The quantitative estimate of drug-likeness (QED) is 0.406. The van der Waals surface area contributed by atoms with E-state index in [2.05, 4.69) is 4.98 Å². The molecule has 3 rings (SSSR count). The van der Waals surface area contributed by atoms with Gasteiger partial charge in [-0.15, -0.1) is 0 Å². The lowest BCUT2D eigenvalue weighted by molar-refractivity contribution is 0.468. The van der Waals surface area contributed by atoms with Crippen molar-refractivity contribution in [2.24, 2.45) is 0 Å². The molecule has 0 aliphatic rings. The molecule has 116 valence electrons. The number of anilines is 1. The van der Waals surface area contributed by atoms with Gasteiger partial charge in [-0.2, -0.15) is 16.8 Å². The maximum Gasteiger partial charge on any atom is 0.298 e. The fraction of sp³-hybridized carbons (Fsp3) is 0. The van der Waals surface area contributed by atoms with Gasteiger partial charge >= 0.3 is 0 Å². The first kappa shape index (κ1) is 14.8. The summed E-state index contributed by atoms with van der Waals surface area (Å²) in [6.07, 6.45) is 0. The fourth-order valence-electron chi connectivity index (χ4n) is 2.47. The van der Waals surface area contributed by atoms with E-state index < -0.39 is 35.7 Å². The molecule has 0 saturated carbocycles. The third kappa shape index (κ3) is 2.13. The minimum Gasteiger partial charge on any atom is -0.398 e. The summed E-state index contributed by atoms with van der Waals surface area (Å²) < 4.78 is 64.9. The number of aromatic amines is 1. The molecular formula is C12H10N2O6S2. The summed E-state index contributed by atoms with van der Waals surface area (Å²) in [6, 6.07) is 7.94. The summed E-state index contributed by atoms with van der Waals surface area (Å²) in [4.78, 5) is 0.704. The number of benzene rings is 2. The highest BCUT2D eigenvalue weighted by Gasteiger charge is 2.31. The predicted molar refractivity (Wildman–Crippen MR) is 79.8 cm³/mol. The van der Waals surface area contributed by atoms with Gasteiger partial charge in [0.05, 0.1) is 11.2 Å². The molecule has 0 atom stereocenters. The van der Waals surface area contributed by atoms with E-state index in [4.69, 9.17) is 5.73 Å². The number of nitrogen functional groups attached to an aromatic ring is 1. The lowest BCUT2D eigenvalue weighted by Gasteiger charge is -2.09. The Morgan fingerprint density at radius 2 is 1.50 bits per heavy atom. The number of nitrogens with two attached hydrogens (primary N) is 1. The zero-order chi connectivity index (χ0) is 16.3. The van der Waals surface area contributed by atoms with Crippen LogP contribution in [0.5, 0.6) is 0 Å². The number of rotatable bonds is 2. The summed E-state index contributed by atoms with van der Waals surface area (Å²) in [7, 11) is -9.92. The standard InChI is InChI=1S/C12H10N2O6S2/c13-8-5-7-6-3-1-2-4-9(6)14-10(7)12(22(18,19)20)11(8)21(15,16)17/h1-5,14H,13H2,(H,15,16,17)(H,18,19,20). The molecule has 1 heterocycles. The molecule has 10 heteroatoms. The van der Waals surface area contributed by atoms with E-state index in [0.29, 0.717) is 16.3 Å². The van der Waals surface area contributed by atoms with Crippen molar-refractivity contribution in [2.45, 2.75) is 9.79 Å². The highest BCUT2D eigenvalue weighted by atomic mass is 32.2. The van der Waals surface area contributed by atoms with E-state index in [1.807, 2.05) is 0 Å². The molecule has 1 aromatic heterocycles.